The quantitative estimate of drug-likeness (QED) is 0.257. The van der Waals surface area contributed by atoms with Gasteiger partial charge in [0.15, 0.2) is 28.4 Å². The van der Waals surface area contributed by atoms with Crippen LogP contribution in [0.25, 0.3) is 21.8 Å². The third-order valence-corrected chi connectivity index (χ3v) is 8.50. The van der Waals surface area contributed by atoms with Gasteiger partial charge in [-0.3, -0.25) is 0 Å². The second kappa shape index (κ2) is 9.71. The van der Waals surface area contributed by atoms with E-state index in [0.29, 0.717) is 39.6 Å². The number of methoxy groups -OCH3 is 4. The first kappa shape index (κ1) is 24.5. The second-order valence-corrected chi connectivity index (χ2v) is 10.4. The van der Waals surface area contributed by atoms with Crippen molar-refractivity contribution in [3.05, 3.63) is 90.5 Å². The van der Waals surface area contributed by atoms with Crippen molar-refractivity contribution in [2.45, 2.75) is 10.3 Å². The molecule has 0 saturated carbocycles. The van der Waals surface area contributed by atoms with Gasteiger partial charge in [-0.2, -0.15) is 0 Å². The molecule has 0 aliphatic heterocycles. The number of aromatic nitrogens is 1. The summed E-state index contributed by atoms with van der Waals surface area (Å²) in [5.41, 5.74) is 1.83. The predicted molar refractivity (Wildman–Crippen MR) is 144 cm³/mol. The number of hydrogen-bond donors (Lipinski definition) is 0. The van der Waals surface area contributed by atoms with E-state index < -0.39 is 15.2 Å². The first-order valence-electron chi connectivity index (χ1n) is 11.6. The molecule has 0 saturated heterocycles. The third-order valence-electron chi connectivity index (χ3n) is 6.50. The molecule has 1 heterocycles. The normalized spacial score (nSPS) is 12.4. The minimum absolute atomic E-state index is 0.209. The number of nitrogens with zero attached hydrogens (tertiary/aromatic N) is 1. The molecule has 0 radical (unpaired) electrons. The van der Waals surface area contributed by atoms with Crippen LogP contribution in [-0.2, 0) is 9.84 Å². The molecule has 4 aromatic carbocycles. The highest BCUT2D eigenvalue weighted by atomic mass is 32.2. The van der Waals surface area contributed by atoms with E-state index in [2.05, 4.69) is 0 Å². The van der Waals surface area contributed by atoms with E-state index in [1.165, 1.54) is 0 Å². The average Bonchev–Trinajstić information content (AvgIpc) is 3.25. The van der Waals surface area contributed by atoms with Crippen molar-refractivity contribution in [2.24, 2.45) is 0 Å². The Hall–Kier alpha value is -4.17. The van der Waals surface area contributed by atoms with Crippen LogP contribution in [0.1, 0.15) is 10.9 Å². The summed E-state index contributed by atoms with van der Waals surface area (Å²) in [7, 11) is 2.27. The van der Waals surface area contributed by atoms with Crippen LogP contribution in [0, 0.1) is 0 Å². The number of ether oxygens (including phenoxy) is 4. The maximum atomic E-state index is 14.4. The minimum atomic E-state index is -3.95. The zero-order valence-electron chi connectivity index (χ0n) is 21.0. The molecule has 190 valence electrons. The Morgan fingerprint density at radius 2 is 1.24 bits per heavy atom. The third kappa shape index (κ3) is 3.94. The SMILES string of the molecule is COc1cc2c3ccc(OC)c(OC)c3n(C(c3ccccc3)S(=O)(=O)c3ccccc3)c2cc1OC. The topological polar surface area (TPSA) is 76.0 Å². The molecular weight excluding hydrogens is 490 g/mol. The molecule has 1 unspecified atom stereocenters. The molecule has 1 aromatic heterocycles. The van der Waals surface area contributed by atoms with Crippen molar-refractivity contribution in [1.82, 2.24) is 4.57 Å². The van der Waals surface area contributed by atoms with Crippen LogP contribution >= 0.6 is 0 Å². The molecule has 5 rings (SSSR count). The Morgan fingerprint density at radius 3 is 1.84 bits per heavy atom. The van der Waals surface area contributed by atoms with Gasteiger partial charge < -0.3 is 23.5 Å². The molecule has 0 N–H and O–H groups in total. The summed E-state index contributed by atoms with van der Waals surface area (Å²) in [6.07, 6.45) is 0. The van der Waals surface area contributed by atoms with Gasteiger partial charge in [0.1, 0.15) is 0 Å². The highest BCUT2D eigenvalue weighted by Crippen LogP contribution is 2.47. The summed E-state index contributed by atoms with van der Waals surface area (Å²) >= 11 is 0. The Labute approximate surface area is 215 Å². The fraction of sp³-hybridized carbons (Fsp3) is 0.172. The van der Waals surface area contributed by atoms with Crippen LogP contribution in [0.15, 0.2) is 89.8 Å². The van der Waals surface area contributed by atoms with Gasteiger partial charge in [0.05, 0.1) is 44.4 Å². The lowest BCUT2D eigenvalue weighted by Gasteiger charge is -2.24. The summed E-state index contributed by atoms with van der Waals surface area (Å²) < 4.78 is 53.2. The summed E-state index contributed by atoms with van der Waals surface area (Å²) in [4.78, 5) is 0.209. The zero-order valence-corrected chi connectivity index (χ0v) is 21.8. The fourth-order valence-corrected chi connectivity index (χ4v) is 6.64. The van der Waals surface area contributed by atoms with Gasteiger partial charge in [0.25, 0.3) is 0 Å². The highest BCUT2D eigenvalue weighted by molar-refractivity contribution is 7.91. The maximum Gasteiger partial charge on any atom is 0.204 e. The summed E-state index contributed by atoms with van der Waals surface area (Å²) in [5, 5.41) is 0.464. The summed E-state index contributed by atoms with van der Waals surface area (Å²) in [5.74, 6) is 1.93. The molecular formula is C29H27NO6S. The molecule has 0 amide bonds. The molecule has 7 nitrogen and oxygen atoms in total. The second-order valence-electron chi connectivity index (χ2n) is 8.41. The number of hydrogen-bond acceptors (Lipinski definition) is 6. The van der Waals surface area contributed by atoms with Gasteiger partial charge in [-0.15, -0.1) is 0 Å². The molecule has 0 spiro atoms. The first-order valence-corrected chi connectivity index (χ1v) is 13.1. The molecule has 0 fully saturated rings. The van der Waals surface area contributed by atoms with Gasteiger partial charge in [-0.25, -0.2) is 8.42 Å². The number of fused-ring (bicyclic) bond motifs is 3. The Bertz CT molecular complexity index is 1680. The van der Waals surface area contributed by atoms with Gasteiger partial charge in [0, 0.05) is 16.8 Å². The van der Waals surface area contributed by atoms with E-state index in [4.69, 9.17) is 18.9 Å². The van der Waals surface area contributed by atoms with Crippen LogP contribution in [0.4, 0.5) is 0 Å². The lowest BCUT2D eigenvalue weighted by atomic mass is 10.1. The largest absolute Gasteiger partial charge is 0.493 e. The molecule has 37 heavy (non-hydrogen) atoms. The molecule has 0 aliphatic carbocycles. The Balaban J connectivity index is 2.01. The Kier molecular flexibility index (Phi) is 6.43. The van der Waals surface area contributed by atoms with E-state index in [9.17, 15) is 8.42 Å². The number of sulfone groups is 1. The lowest BCUT2D eigenvalue weighted by Crippen LogP contribution is -2.22. The fourth-order valence-electron chi connectivity index (χ4n) is 4.84. The van der Waals surface area contributed by atoms with E-state index in [-0.39, 0.29) is 4.90 Å². The van der Waals surface area contributed by atoms with Gasteiger partial charge in [0.2, 0.25) is 9.84 Å². The number of rotatable bonds is 8. The molecule has 8 heteroatoms. The average molecular weight is 518 g/mol. The van der Waals surface area contributed by atoms with Gasteiger partial charge in [-0.05, 0) is 35.9 Å². The van der Waals surface area contributed by atoms with Crippen LogP contribution < -0.4 is 18.9 Å². The lowest BCUT2D eigenvalue weighted by molar-refractivity contribution is 0.355. The monoisotopic (exact) mass is 517 g/mol. The highest BCUT2D eigenvalue weighted by Gasteiger charge is 2.35. The van der Waals surface area contributed by atoms with Crippen molar-refractivity contribution < 1.29 is 27.4 Å². The molecule has 0 bridgehead atoms. The van der Waals surface area contributed by atoms with E-state index >= 15 is 0 Å². The molecule has 0 aliphatic rings. The van der Waals surface area contributed by atoms with Crippen LogP contribution in [0.3, 0.4) is 0 Å². The van der Waals surface area contributed by atoms with Crippen molar-refractivity contribution in [2.75, 3.05) is 28.4 Å². The van der Waals surface area contributed by atoms with Gasteiger partial charge >= 0.3 is 0 Å². The van der Waals surface area contributed by atoms with E-state index in [1.807, 2.05) is 48.5 Å². The zero-order chi connectivity index (χ0) is 26.2. The van der Waals surface area contributed by atoms with E-state index in [1.54, 1.807) is 69.4 Å². The van der Waals surface area contributed by atoms with Crippen LogP contribution in [0.2, 0.25) is 0 Å². The summed E-state index contributed by atoms with van der Waals surface area (Å²) in [6, 6.07) is 25.0. The van der Waals surface area contributed by atoms with Crippen molar-refractivity contribution in [3.8, 4) is 23.0 Å². The van der Waals surface area contributed by atoms with Gasteiger partial charge in [-0.1, -0.05) is 48.5 Å². The molecule has 1 atom stereocenters. The van der Waals surface area contributed by atoms with Crippen molar-refractivity contribution in [3.63, 3.8) is 0 Å². The standard InChI is InChI=1S/C29H27NO6S/c1-33-24-16-15-21-22-17-25(34-2)26(35-3)18-23(22)30(27(21)28(24)36-4)29(19-11-7-5-8-12-19)37(31,32)20-13-9-6-10-14-20/h5-18,29H,1-4H3. The van der Waals surface area contributed by atoms with E-state index in [0.717, 1.165) is 10.8 Å². The van der Waals surface area contributed by atoms with Crippen LogP contribution in [-0.4, -0.2) is 41.4 Å². The van der Waals surface area contributed by atoms with Crippen molar-refractivity contribution in [1.29, 1.82) is 0 Å². The Morgan fingerprint density at radius 1 is 0.649 bits per heavy atom. The minimum Gasteiger partial charge on any atom is -0.493 e. The number of benzene rings is 4. The predicted octanol–water partition coefficient (Wildman–Crippen LogP) is 5.85. The summed E-state index contributed by atoms with van der Waals surface area (Å²) in [6.45, 7) is 0. The van der Waals surface area contributed by atoms with Crippen molar-refractivity contribution >= 4 is 31.6 Å². The maximum absolute atomic E-state index is 14.4. The first-order chi connectivity index (χ1) is 18.0. The smallest absolute Gasteiger partial charge is 0.204 e. The van der Waals surface area contributed by atoms with Crippen LogP contribution in [0.5, 0.6) is 23.0 Å². The molecule has 5 aromatic rings.